The van der Waals surface area contributed by atoms with Crippen molar-refractivity contribution < 1.29 is 23.8 Å². The van der Waals surface area contributed by atoms with Crippen LogP contribution in [-0.2, 0) is 22.6 Å². The van der Waals surface area contributed by atoms with E-state index in [-0.39, 0.29) is 13.3 Å². The van der Waals surface area contributed by atoms with E-state index < -0.39 is 11.8 Å². The average Bonchev–Trinajstić information content (AvgIpc) is 3.14. The Kier molecular flexibility index (Phi) is 5.58. The molecule has 0 radical (unpaired) electrons. The van der Waals surface area contributed by atoms with Gasteiger partial charge in [-0.25, -0.2) is 0 Å². The van der Waals surface area contributed by atoms with Crippen LogP contribution in [-0.4, -0.2) is 32.3 Å². The van der Waals surface area contributed by atoms with E-state index in [4.69, 9.17) is 14.2 Å². The maximum atomic E-state index is 11.9. The molecule has 0 saturated heterocycles. The van der Waals surface area contributed by atoms with E-state index in [1.165, 1.54) is 0 Å². The topological polar surface area (TPSA) is 85.9 Å². The molecule has 26 heavy (non-hydrogen) atoms. The van der Waals surface area contributed by atoms with Crippen molar-refractivity contribution in [3.63, 3.8) is 0 Å². The van der Waals surface area contributed by atoms with Gasteiger partial charge in [0.2, 0.25) is 6.79 Å². The summed E-state index contributed by atoms with van der Waals surface area (Å²) >= 11 is 0. The van der Waals surface area contributed by atoms with Gasteiger partial charge in [0.1, 0.15) is 5.75 Å². The highest BCUT2D eigenvalue weighted by Crippen LogP contribution is 2.32. The number of benzene rings is 2. The van der Waals surface area contributed by atoms with Gasteiger partial charge in [0.25, 0.3) is 0 Å². The van der Waals surface area contributed by atoms with E-state index >= 15 is 0 Å². The monoisotopic (exact) mass is 356 g/mol. The average molecular weight is 356 g/mol. The standard InChI is InChI=1S/C19H20N2O5/c1-24-15-5-3-2-4-14(15)8-9-20-18(22)19(23)21-11-13-6-7-16-17(10-13)26-12-25-16/h2-7,10H,8-9,11-12H2,1H3,(H,20,22)(H,21,23). The highest BCUT2D eigenvalue weighted by atomic mass is 16.7. The van der Waals surface area contributed by atoms with E-state index in [0.29, 0.717) is 24.5 Å². The molecule has 3 rings (SSSR count). The SMILES string of the molecule is COc1ccccc1CCNC(=O)C(=O)NCc1ccc2c(c1)OCO2. The van der Waals surface area contributed by atoms with Gasteiger partial charge in [-0.15, -0.1) is 0 Å². The Morgan fingerprint density at radius 2 is 1.81 bits per heavy atom. The van der Waals surface area contributed by atoms with Crippen LogP contribution in [0.1, 0.15) is 11.1 Å². The number of para-hydroxylation sites is 1. The molecular weight excluding hydrogens is 336 g/mol. The van der Waals surface area contributed by atoms with Crippen LogP contribution < -0.4 is 24.8 Å². The lowest BCUT2D eigenvalue weighted by Crippen LogP contribution is -2.40. The van der Waals surface area contributed by atoms with Crippen LogP contribution >= 0.6 is 0 Å². The Hall–Kier alpha value is -3.22. The number of amides is 2. The molecule has 0 fully saturated rings. The highest BCUT2D eigenvalue weighted by molar-refractivity contribution is 6.35. The van der Waals surface area contributed by atoms with Gasteiger partial charge in [0.15, 0.2) is 11.5 Å². The van der Waals surface area contributed by atoms with Crippen molar-refractivity contribution in [1.29, 1.82) is 0 Å². The molecule has 2 N–H and O–H groups in total. The fraction of sp³-hybridized carbons (Fsp3) is 0.263. The zero-order chi connectivity index (χ0) is 18.4. The van der Waals surface area contributed by atoms with E-state index in [1.807, 2.05) is 30.3 Å². The molecule has 0 saturated carbocycles. The van der Waals surface area contributed by atoms with Gasteiger partial charge in [0.05, 0.1) is 7.11 Å². The Morgan fingerprint density at radius 3 is 2.65 bits per heavy atom. The van der Waals surface area contributed by atoms with Gasteiger partial charge < -0.3 is 24.8 Å². The minimum absolute atomic E-state index is 0.194. The summed E-state index contributed by atoms with van der Waals surface area (Å²) in [5.41, 5.74) is 1.79. The summed E-state index contributed by atoms with van der Waals surface area (Å²) in [6, 6.07) is 12.9. The first-order valence-electron chi connectivity index (χ1n) is 8.24. The summed E-state index contributed by atoms with van der Waals surface area (Å²) in [6.07, 6.45) is 0.575. The van der Waals surface area contributed by atoms with Gasteiger partial charge in [-0.1, -0.05) is 24.3 Å². The Bertz CT molecular complexity index is 806. The lowest BCUT2D eigenvalue weighted by Gasteiger charge is -2.09. The summed E-state index contributed by atoms with van der Waals surface area (Å²) in [6.45, 7) is 0.770. The lowest BCUT2D eigenvalue weighted by molar-refractivity contribution is -0.139. The Labute approximate surface area is 151 Å². The maximum absolute atomic E-state index is 11.9. The minimum Gasteiger partial charge on any atom is -0.496 e. The minimum atomic E-state index is -0.678. The molecule has 1 aliphatic rings. The van der Waals surface area contributed by atoms with Crippen LogP contribution in [0.4, 0.5) is 0 Å². The highest BCUT2D eigenvalue weighted by Gasteiger charge is 2.15. The molecular formula is C19H20N2O5. The van der Waals surface area contributed by atoms with Crippen molar-refractivity contribution in [2.75, 3.05) is 20.4 Å². The third-order valence-electron chi connectivity index (χ3n) is 3.97. The van der Waals surface area contributed by atoms with Crippen molar-refractivity contribution in [2.24, 2.45) is 0 Å². The van der Waals surface area contributed by atoms with Crippen LogP contribution in [0.3, 0.4) is 0 Å². The first-order valence-corrected chi connectivity index (χ1v) is 8.24. The number of hydrogen-bond donors (Lipinski definition) is 2. The molecule has 0 aromatic heterocycles. The molecule has 0 bridgehead atoms. The normalized spacial score (nSPS) is 11.7. The summed E-state index contributed by atoms with van der Waals surface area (Å²) in [4.78, 5) is 23.8. The van der Waals surface area contributed by atoms with Gasteiger partial charge in [0, 0.05) is 13.1 Å². The molecule has 1 aliphatic heterocycles. The number of carbonyl (C=O) groups excluding carboxylic acids is 2. The van der Waals surface area contributed by atoms with Crippen LogP contribution in [0.5, 0.6) is 17.2 Å². The predicted octanol–water partition coefficient (Wildman–Crippen LogP) is 1.40. The fourth-order valence-electron chi connectivity index (χ4n) is 2.61. The number of rotatable bonds is 6. The fourth-order valence-corrected chi connectivity index (χ4v) is 2.61. The van der Waals surface area contributed by atoms with E-state index in [9.17, 15) is 9.59 Å². The zero-order valence-electron chi connectivity index (χ0n) is 14.4. The lowest BCUT2D eigenvalue weighted by atomic mass is 10.1. The second kappa shape index (κ2) is 8.24. The number of carbonyl (C=O) groups is 2. The Balaban J connectivity index is 1.44. The molecule has 1 heterocycles. The van der Waals surface area contributed by atoms with Crippen LogP contribution in [0.15, 0.2) is 42.5 Å². The summed E-state index contributed by atoms with van der Waals surface area (Å²) in [5.74, 6) is 0.726. The molecule has 2 aromatic carbocycles. The summed E-state index contributed by atoms with van der Waals surface area (Å²) in [5, 5.41) is 5.20. The number of fused-ring (bicyclic) bond motifs is 1. The smallest absolute Gasteiger partial charge is 0.309 e. The third kappa shape index (κ3) is 4.24. The number of hydrogen-bond acceptors (Lipinski definition) is 5. The Morgan fingerprint density at radius 1 is 1.04 bits per heavy atom. The van der Waals surface area contributed by atoms with E-state index in [1.54, 1.807) is 19.2 Å². The predicted molar refractivity (Wildman–Crippen MR) is 94.1 cm³/mol. The second-order valence-electron chi connectivity index (χ2n) is 5.69. The third-order valence-corrected chi connectivity index (χ3v) is 3.97. The molecule has 0 spiro atoms. The van der Waals surface area contributed by atoms with Crippen LogP contribution in [0, 0.1) is 0 Å². The maximum Gasteiger partial charge on any atom is 0.309 e. The van der Waals surface area contributed by atoms with Gasteiger partial charge >= 0.3 is 11.8 Å². The number of methoxy groups -OCH3 is 1. The summed E-state index contributed by atoms with van der Waals surface area (Å²) in [7, 11) is 1.60. The van der Waals surface area contributed by atoms with Gasteiger partial charge in [-0.2, -0.15) is 0 Å². The van der Waals surface area contributed by atoms with Crippen LogP contribution in [0.2, 0.25) is 0 Å². The quantitative estimate of drug-likeness (QED) is 0.764. The largest absolute Gasteiger partial charge is 0.496 e. The van der Waals surface area contributed by atoms with Crippen molar-refractivity contribution >= 4 is 11.8 Å². The van der Waals surface area contributed by atoms with E-state index in [2.05, 4.69) is 10.6 Å². The molecule has 2 aromatic rings. The molecule has 136 valence electrons. The van der Waals surface area contributed by atoms with E-state index in [0.717, 1.165) is 16.9 Å². The van der Waals surface area contributed by atoms with Gasteiger partial charge in [-0.05, 0) is 35.7 Å². The molecule has 0 unspecified atom stereocenters. The van der Waals surface area contributed by atoms with Crippen molar-refractivity contribution in [3.8, 4) is 17.2 Å². The number of nitrogens with one attached hydrogen (secondary N) is 2. The van der Waals surface area contributed by atoms with Gasteiger partial charge in [-0.3, -0.25) is 9.59 Å². The first-order chi connectivity index (χ1) is 12.7. The van der Waals surface area contributed by atoms with Crippen LogP contribution in [0.25, 0.3) is 0 Å². The number of ether oxygens (including phenoxy) is 3. The molecule has 7 nitrogen and oxygen atoms in total. The molecule has 0 atom stereocenters. The van der Waals surface area contributed by atoms with Crippen molar-refractivity contribution in [2.45, 2.75) is 13.0 Å². The molecule has 2 amide bonds. The zero-order valence-corrected chi connectivity index (χ0v) is 14.4. The molecule has 7 heteroatoms. The molecule has 0 aliphatic carbocycles. The first kappa shape index (κ1) is 17.6. The summed E-state index contributed by atoms with van der Waals surface area (Å²) < 4.78 is 15.8. The van der Waals surface area contributed by atoms with Crippen molar-refractivity contribution in [3.05, 3.63) is 53.6 Å². The second-order valence-corrected chi connectivity index (χ2v) is 5.69. The van der Waals surface area contributed by atoms with Crippen molar-refractivity contribution in [1.82, 2.24) is 10.6 Å².